The molecule has 19 heavy (non-hydrogen) atoms. The van der Waals surface area contributed by atoms with Crippen LogP contribution in [0, 0.1) is 5.92 Å². The first-order chi connectivity index (χ1) is 9.01. The molecule has 0 bridgehead atoms. The van der Waals surface area contributed by atoms with Crippen LogP contribution in [0.2, 0.25) is 0 Å². The van der Waals surface area contributed by atoms with E-state index in [1.807, 2.05) is 13.8 Å². The molecule has 0 aromatic rings. The minimum Gasteiger partial charge on any atom is -0.480 e. The Morgan fingerprint density at radius 2 is 1.95 bits per heavy atom. The number of amides is 2. The predicted molar refractivity (Wildman–Crippen MR) is 69.5 cm³/mol. The summed E-state index contributed by atoms with van der Waals surface area (Å²) < 4.78 is 0. The molecule has 6 heteroatoms. The number of nitrogens with zero attached hydrogens (tertiary/aromatic N) is 1. The topological polar surface area (TPSA) is 86.7 Å². The Morgan fingerprint density at radius 1 is 1.37 bits per heavy atom. The van der Waals surface area contributed by atoms with Crippen molar-refractivity contribution in [1.29, 1.82) is 0 Å². The predicted octanol–water partition coefficient (Wildman–Crippen LogP) is 0.614. The molecule has 1 unspecified atom stereocenters. The van der Waals surface area contributed by atoms with Crippen molar-refractivity contribution in [3.05, 3.63) is 0 Å². The van der Waals surface area contributed by atoms with Crippen LogP contribution in [0.15, 0.2) is 0 Å². The Hall–Kier alpha value is -1.59. The molecular weight excluding hydrogens is 248 g/mol. The van der Waals surface area contributed by atoms with Crippen LogP contribution in [0.1, 0.15) is 39.5 Å². The fourth-order valence-corrected chi connectivity index (χ4v) is 2.42. The number of carbonyl (C=O) groups is 3. The Balaban J connectivity index is 2.84. The lowest BCUT2D eigenvalue weighted by atomic mass is 9.95. The fraction of sp³-hybridized carbons (Fsp3) is 0.769. The highest BCUT2D eigenvalue weighted by Crippen LogP contribution is 2.19. The lowest BCUT2D eigenvalue weighted by Gasteiger charge is -2.35. The summed E-state index contributed by atoms with van der Waals surface area (Å²) in [6, 6.07) is -0.943. The lowest BCUT2D eigenvalue weighted by Crippen LogP contribution is -2.60. The smallest absolute Gasteiger partial charge is 0.328 e. The number of nitrogens with one attached hydrogen (secondary N) is 1. The SMILES string of the molecule is CCCC(CCC)C(=O)N1CC(=O)NCC1C(=O)O. The fourth-order valence-electron chi connectivity index (χ4n) is 2.42. The summed E-state index contributed by atoms with van der Waals surface area (Å²) in [5, 5.41) is 11.6. The van der Waals surface area contributed by atoms with Gasteiger partial charge >= 0.3 is 5.97 Å². The molecule has 0 aliphatic carbocycles. The summed E-state index contributed by atoms with van der Waals surface area (Å²) in [6.45, 7) is 3.83. The maximum Gasteiger partial charge on any atom is 0.328 e. The van der Waals surface area contributed by atoms with E-state index in [9.17, 15) is 14.4 Å². The second-order valence-electron chi connectivity index (χ2n) is 4.90. The van der Waals surface area contributed by atoms with Crippen molar-refractivity contribution in [3.63, 3.8) is 0 Å². The number of carboxylic acids is 1. The summed E-state index contributed by atoms with van der Waals surface area (Å²) in [4.78, 5) is 36.2. The Morgan fingerprint density at radius 3 is 2.42 bits per heavy atom. The van der Waals surface area contributed by atoms with E-state index in [-0.39, 0.29) is 30.8 Å². The maximum absolute atomic E-state index is 12.4. The van der Waals surface area contributed by atoms with Gasteiger partial charge in [-0.2, -0.15) is 0 Å². The van der Waals surface area contributed by atoms with E-state index in [0.717, 1.165) is 25.7 Å². The minimum atomic E-state index is -1.07. The zero-order valence-corrected chi connectivity index (χ0v) is 11.5. The molecule has 1 heterocycles. The van der Waals surface area contributed by atoms with Crippen molar-refractivity contribution >= 4 is 17.8 Å². The molecule has 1 fully saturated rings. The number of piperazine rings is 1. The highest BCUT2D eigenvalue weighted by atomic mass is 16.4. The van der Waals surface area contributed by atoms with Gasteiger partial charge in [-0.1, -0.05) is 26.7 Å². The maximum atomic E-state index is 12.4. The number of carbonyl (C=O) groups excluding carboxylic acids is 2. The third-order valence-corrected chi connectivity index (χ3v) is 3.37. The van der Waals surface area contributed by atoms with Crippen LogP contribution >= 0.6 is 0 Å². The summed E-state index contributed by atoms with van der Waals surface area (Å²) in [5.74, 6) is -1.74. The van der Waals surface area contributed by atoms with Crippen LogP contribution in [0.4, 0.5) is 0 Å². The van der Waals surface area contributed by atoms with Crippen LogP contribution in [0.3, 0.4) is 0 Å². The molecule has 2 amide bonds. The number of hydrogen-bond acceptors (Lipinski definition) is 3. The van der Waals surface area contributed by atoms with Gasteiger partial charge in [0.1, 0.15) is 12.6 Å². The van der Waals surface area contributed by atoms with Gasteiger partial charge in [-0.05, 0) is 12.8 Å². The van der Waals surface area contributed by atoms with Crippen LogP contribution in [0.25, 0.3) is 0 Å². The normalized spacial score (nSPS) is 19.4. The molecule has 2 N–H and O–H groups in total. The highest BCUT2D eigenvalue weighted by Gasteiger charge is 2.37. The van der Waals surface area contributed by atoms with Gasteiger partial charge in [0.25, 0.3) is 0 Å². The third kappa shape index (κ3) is 3.94. The molecule has 0 aromatic carbocycles. The standard InChI is InChI=1S/C13H22N2O4/c1-3-5-9(6-4-2)12(17)15-8-11(16)14-7-10(15)13(18)19/h9-10H,3-8H2,1-2H3,(H,14,16)(H,18,19). The minimum absolute atomic E-state index is 0.00905. The van der Waals surface area contributed by atoms with Crippen molar-refractivity contribution in [2.24, 2.45) is 5.92 Å². The van der Waals surface area contributed by atoms with E-state index < -0.39 is 12.0 Å². The molecule has 1 atom stereocenters. The van der Waals surface area contributed by atoms with Crippen molar-refractivity contribution < 1.29 is 19.5 Å². The summed E-state index contributed by atoms with van der Waals surface area (Å²) in [7, 11) is 0. The van der Waals surface area contributed by atoms with E-state index in [4.69, 9.17) is 5.11 Å². The van der Waals surface area contributed by atoms with Gasteiger partial charge in [-0.25, -0.2) is 4.79 Å². The van der Waals surface area contributed by atoms with Gasteiger partial charge in [0.05, 0.1) is 0 Å². The van der Waals surface area contributed by atoms with Crippen molar-refractivity contribution in [3.8, 4) is 0 Å². The third-order valence-electron chi connectivity index (χ3n) is 3.37. The molecule has 0 radical (unpaired) electrons. The van der Waals surface area contributed by atoms with Gasteiger partial charge in [0.15, 0.2) is 0 Å². The van der Waals surface area contributed by atoms with Gasteiger partial charge in [0, 0.05) is 12.5 Å². The Labute approximate surface area is 113 Å². The summed E-state index contributed by atoms with van der Waals surface area (Å²) >= 11 is 0. The van der Waals surface area contributed by atoms with Crippen molar-refractivity contribution in [2.75, 3.05) is 13.1 Å². The highest BCUT2D eigenvalue weighted by molar-refractivity contribution is 5.92. The monoisotopic (exact) mass is 270 g/mol. The van der Waals surface area contributed by atoms with Crippen molar-refractivity contribution in [2.45, 2.75) is 45.6 Å². The molecule has 1 aliphatic rings. The van der Waals surface area contributed by atoms with E-state index in [2.05, 4.69) is 5.32 Å². The van der Waals surface area contributed by atoms with Crippen molar-refractivity contribution in [1.82, 2.24) is 10.2 Å². The van der Waals surface area contributed by atoms with Crippen LogP contribution in [0.5, 0.6) is 0 Å². The largest absolute Gasteiger partial charge is 0.480 e. The first-order valence-electron chi connectivity index (χ1n) is 6.81. The van der Waals surface area contributed by atoms with Gasteiger partial charge < -0.3 is 15.3 Å². The zero-order valence-electron chi connectivity index (χ0n) is 11.5. The average molecular weight is 270 g/mol. The zero-order chi connectivity index (χ0) is 14.4. The summed E-state index contributed by atoms with van der Waals surface area (Å²) in [5.41, 5.74) is 0. The molecule has 108 valence electrons. The van der Waals surface area contributed by atoms with E-state index >= 15 is 0 Å². The molecule has 1 rings (SSSR count). The second kappa shape index (κ2) is 7.11. The molecular formula is C13H22N2O4. The van der Waals surface area contributed by atoms with Crippen LogP contribution < -0.4 is 5.32 Å². The van der Waals surface area contributed by atoms with Gasteiger partial charge in [0.2, 0.25) is 11.8 Å². The summed E-state index contributed by atoms with van der Waals surface area (Å²) in [6.07, 6.45) is 3.20. The molecule has 0 saturated carbocycles. The molecule has 1 saturated heterocycles. The molecule has 0 aromatic heterocycles. The number of hydrogen-bond donors (Lipinski definition) is 2. The molecule has 0 spiro atoms. The lowest BCUT2D eigenvalue weighted by molar-refractivity contribution is -0.156. The molecule has 1 aliphatic heterocycles. The van der Waals surface area contributed by atoms with E-state index in [1.165, 1.54) is 4.90 Å². The second-order valence-corrected chi connectivity index (χ2v) is 4.90. The van der Waals surface area contributed by atoms with Gasteiger partial charge in [-0.15, -0.1) is 0 Å². The van der Waals surface area contributed by atoms with E-state index in [1.54, 1.807) is 0 Å². The molecule has 6 nitrogen and oxygen atoms in total. The number of carboxylic acid groups (broad SMARTS) is 1. The quantitative estimate of drug-likeness (QED) is 0.740. The van der Waals surface area contributed by atoms with E-state index in [0.29, 0.717) is 0 Å². The first kappa shape index (κ1) is 15.5. The Bertz CT molecular complexity index is 351. The number of rotatable bonds is 6. The first-order valence-corrected chi connectivity index (χ1v) is 6.81. The number of aliphatic carboxylic acids is 1. The Kier molecular flexibility index (Phi) is 5.79. The average Bonchev–Trinajstić information content (AvgIpc) is 2.37. The van der Waals surface area contributed by atoms with Crippen LogP contribution in [-0.2, 0) is 14.4 Å². The van der Waals surface area contributed by atoms with Crippen LogP contribution in [-0.4, -0.2) is 46.9 Å². The van der Waals surface area contributed by atoms with Gasteiger partial charge in [-0.3, -0.25) is 9.59 Å².